The summed E-state index contributed by atoms with van der Waals surface area (Å²) >= 11 is 0. The highest BCUT2D eigenvalue weighted by atomic mass is 19.1. The van der Waals surface area contributed by atoms with E-state index in [9.17, 15) is 9.18 Å². The van der Waals surface area contributed by atoms with Gasteiger partial charge in [-0.1, -0.05) is 30.3 Å². The van der Waals surface area contributed by atoms with Crippen LogP contribution in [0.5, 0.6) is 5.75 Å². The minimum Gasteiger partial charge on any atom is -0.496 e. The Morgan fingerprint density at radius 1 is 1.10 bits per heavy atom. The Bertz CT molecular complexity index is 1010. The molecule has 0 bridgehead atoms. The van der Waals surface area contributed by atoms with Crippen LogP contribution in [0.2, 0.25) is 0 Å². The highest BCUT2D eigenvalue weighted by Crippen LogP contribution is 2.22. The lowest BCUT2D eigenvalue weighted by Gasteiger charge is -2.22. The second-order valence-corrected chi connectivity index (χ2v) is 7.71. The number of amides is 1. The highest BCUT2D eigenvalue weighted by molar-refractivity contribution is 5.92. The van der Waals surface area contributed by atoms with Crippen LogP contribution in [-0.2, 0) is 19.6 Å². The molecule has 162 valence electrons. The van der Waals surface area contributed by atoms with Crippen molar-refractivity contribution in [2.24, 2.45) is 0 Å². The van der Waals surface area contributed by atoms with Gasteiger partial charge in [0.25, 0.3) is 5.91 Å². The summed E-state index contributed by atoms with van der Waals surface area (Å²) in [5.41, 5.74) is 2.33. The zero-order valence-electron chi connectivity index (χ0n) is 17.6. The van der Waals surface area contributed by atoms with Gasteiger partial charge in [0.05, 0.1) is 13.7 Å². The highest BCUT2D eigenvalue weighted by Gasteiger charge is 2.23. The Balaban J connectivity index is 1.52. The maximum absolute atomic E-state index is 13.3. The monoisotopic (exact) mass is 423 g/mol. The molecule has 1 aliphatic rings. The molecule has 0 saturated carbocycles. The molecule has 2 aromatic carbocycles. The van der Waals surface area contributed by atoms with E-state index >= 15 is 0 Å². The maximum Gasteiger partial charge on any atom is 0.275 e. The average Bonchev–Trinajstić information content (AvgIpc) is 3.48. The fourth-order valence-electron chi connectivity index (χ4n) is 3.85. The van der Waals surface area contributed by atoms with Gasteiger partial charge in [0.1, 0.15) is 17.8 Å². The summed E-state index contributed by atoms with van der Waals surface area (Å²) in [7, 11) is 1.65. The van der Waals surface area contributed by atoms with Crippen molar-refractivity contribution < 1.29 is 18.3 Å². The number of likely N-dealkylation sites (tertiary alicyclic amines) is 1. The van der Waals surface area contributed by atoms with E-state index in [0.717, 1.165) is 42.8 Å². The van der Waals surface area contributed by atoms with Gasteiger partial charge in [-0.25, -0.2) is 9.37 Å². The van der Waals surface area contributed by atoms with Crippen LogP contribution in [0.1, 0.15) is 40.3 Å². The number of aromatic nitrogens is 1. The molecule has 1 aliphatic heterocycles. The summed E-state index contributed by atoms with van der Waals surface area (Å²) in [6.45, 7) is 3.09. The van der Waals surface area contributed by atoms with Crippen LogP contribution in [0.4, 0.5) is 4.39 Å². The van der Waals surface area contributed by atoms with Gasteiger partial charge < -0.3 is 14.1 Å². The Kier molecular flexibility index (Phi) is 6.62. The van der Waals surface area contributed by atoms with Crippen LogP contribution < -0.4 is 4.74 Å². The maximum atomic E-state index is 13.3. The largest absolute Gasteiger partial charge is 0.496 e. The summed E-state index contributed by atoms with van der Waals surface area (Å²) in [5, 5.41) is 0. The summed E-state index contributed by atoms with van der Waals surface area (Å²) < 4.78 is 24.5. The molecule has 1 fully saturated rings. The molecule has 0 radical (unpaired) electrons. The first-order chi connectivity index (χ1) is 15.1. The third-order valence-corrected chi connectivity index (χ3v) is 5.43. The van der Waals surface area contributed by atoms with Gasteiger partial charge >= 0.3 is 0 Å². The fraction of sp³-hybridized carbons (Fsp3) is 0.333. The van der Waals surface area contributed by atoms with Crippen molar-refractivity contribution in [1.29, 1.82) is 0 Å². The van der Waals surface area contributed by atoms with E-state index in [1.807, 2.05) is 29.2 Å². The number of halogens is 1. The predicted molar refractivity (Wildman–Crippen MR) is 114 cm³/mol. The van der Waals surface area contributed by atoms with Crippen molar-refractivity contribution in [3.8, 4) is 5.75 Å². The lowest BCUT2D eigenvalue weighted by atomic mass is 10.1. The fourth-order valence-corrected chi connectivity index (χ4v) is 3.85. The SMILES string of the molecule is COc1ccccc1CN(Cc1ccc(F)cc1)Cc1nc(C(=O)N2CCCC2)co1. The van der Waals surface area contributed by atoms with E-state index in [2.05, 4.69) is 9.88 Å². The summed E-state index contributed by atoms with van der Waals surface area (Å²) in [6, 6.07) is 14.3. The van der Waals surface area contributed by atoms with E-state index in [0.29, 0.717) is 31.2 Å². The van der Waals surface area contributed by atoms with Crippen molar-refractivity contribution in [1.82, 2.24) is 14.8 Å². The molecule has 0 N–H and O–H groups in total. The van der Waals surface area contributed by atoms with Gasteiger partial charge in [-0.3, -0.25) is 9.69 Å². The molecule has 6 nitrogen and oxygen atoms in total. The number of hydrogen-bond acceptors (Lipinski definition) is 5. The number of nitrogens with zero attached hydrogens (tertiary/aromatic N) is 3. The van der Waals surface area contributed by atoms with Gasteiger partial charge in [0.15, 0.2) is 5.69 Å². The third-order valence-electron chi connectivity index (χ3n) is 5.43. The van der Waals surface area contributed by atoms with Crippen LogP contribution in [0.15, 0.2) is 59.2 Å². The third kappa shape index (κ3) is 5.30. The average molecular weight is 423 g/mol. The van der Waals surface area contributed by atoms with Gasteiger partial charge in [0.2, 0.25) is 5.89 Å². The topological polar surface area (TPSA) is 58.8 Å². The number of ether oxygens (including phenoxy) is 1. The quantitative estimate of drug-likeness (QED) is 0.542. The first-order valence-electron chi connectivity index (χ1n) is 10.4. The number of carbonyl (C=O) groups is 1. The first-order valence-corrected chi connectivity index (χ1v) is 10.4. The number of oxazole rings is 1. The second-order valence-electron chi connectivity index (χ2n) is 7.71. The van der Waals surface area contributed by atoms with Gasteiger partial charge in [-0.15, -0.1) is 0 Å². The zero-order valence-corrected chi connectivity index (χ0v) is 17.6. The van der Waals surface area contributed by atoms with Crippen LogP contribution in [0.25, 0.3) is 0 Å². The number of rotatable bonds is 8. The Hall–Kier alpha value is -3.19. The lowest BCUT2D eigenvalue weighted by Crippen LogP contribution is -2.28. The number of para-hydroxylation sites is 1. The molecule has 1 aromatic heterocycles. The molecule has 0 atom stereocenters. The number of methoxy groups -OCH3 is 1. The van der Waals surface area contributed by atoms with E-state index < -0.39 is 0 Å². The van der Waals surface area contributed by atoms with Crippen LogP contribution in [0.3, 0.4) is 0 Å². The minimum atomic E-state index is -0.266. The molecule has 2 heterocycles. The van der Waals surface area contributed by atoms with Crippen LogP contribution in [0, 0.1) is 5.82 Å². The predicted octanol–water partition coefficient (Wildman–Crippen LogP) is 4.26. The van der Waals surface area contributed by atoms with Crippen LogP contribution in [-0.4, -0.2) is 40.9 Å². The lowest BCUT2D eigenvalue weighted by molar-refractivity contribution is 0.0787. The number of hydrogen-bond donors (Lipinski definition) is 0. The number of carbonyl (C=O) groups excluding carboxylic acids is 1. The summed E-state index contributed by atoms with van der Waals surface area (Å²) in [5.74, 6) is 0.920. The molecular weight excluding hydrogens is 397 g/mol. The molecule has 1 amide bonds. The molecule has 4 rings (SSSR count). The van der Waals surface area contributed by atoms with E-state index in [1.54, 1.807) is 19.2 Å². The van der Waals surface area contributed by atoms with Crippen molar-refractivity contribution in [2.45, 2.75) is 32.5 Å². The molecule has 7 heteroatoms. The minimum absolute atomic E-state index is 0.0812. The zero-order chi connectivity index (χ0) is 21.6. The Labute approximate surface area is 181 Å². The van der Waals surface area contributed by atoms with E-state index in [1.165, 1.54) is 18.4 Å². The molecule has 0 unspecified atom stereocenters. The molecule has 31 heavy (non-hydrogen) atoms. The molecular formula is C24H26FN3O3. The summed E-state index contributed by atoms with van der Waals surface area (Å²) in [4.78, 5) is 21.0. The second kappa shape index (κ2) is 9.75. The van der Waals surface area contributed by atoms with Crippen LogP contribution >= 0.6 is 0 Å². The molecule has 0 spiro atoms. The van der Waals surface area contributed by atoms with Crippen molar-refractivity contribution in [3.63, 3.8) is 0 Å². The number of benzene rings is 2. The van der Waals surface area contributed by atoms with E-state index in [4.69, 9.17) is 9.15 Å². The molecule has 1 saturated heterocycles. The Morgan fingerprint density at radius 2 is 1.84 bits per heavy atom. The van der Waals surface area contributed by atoms with Gasteiger partial charge in [-0.2, -0.15) is 0 Å². The summed E-state index contributed by atoms with van der Waals surface area (Å²) in [6.07, 6.45) is 3.50. The molecule has 0 aliphatic carbocycles. The standard InChI is InChI=1S/C24H26FN3O3/c1-30-22-7-3-2-6-19(22)15-27(14-18-8-10-20(25)11-9-18)16-23-26-21(17-31-23)24(29)28-12-4-5-13-28/h2-3,6-11,17H,4-5,12-16H2,1H3. The van der Waals surface area contributed by atoms with Gasteiger partial charge in [0, 0.05) is 31.7 Å². The van der Waals surface area contributed by atoms with Crippen molar-refractivity contribution in [2.75, 3.05) is 20.2 Å². The first kappa shape index (κ1) is 21.1. The Morgan fingerprint density at radius 3 is 2.58 bits per heavy atom. The molecule has 3 aromatic rings. The van der Waals surface area contributed by atoms with E-state index in [-0.39, 0.29) is 11.7 Å². The van der Waals surface area contributed by atoms with Crippen molar-refractivity contribution >= 4 is 5.91 Å². The smallest absolute Gasteiger partial charge is 0.275 e. The normalized spacial score (nSPS) is 13.7. The van der Waals surface area contributed by atoms with Crippen molar-refractivity contribution in [3.05, 3.63) is 83.3 Å². The van der Waals surface area contributed by atoms with Gasteiger partial charge in [-0.05, 0) is 36.6 Å².